The van der Waals surface area contributed by atoms with Crippen LogP contribution in [-0.4, -0.2) is 46.0 Å². The molecule has 0 fully saturated rings. The Hall–Kier alpha value is -2.38. The Morgan fingerprint density at radius 1 is 1.38 bits per heavy atom. The summed E-state index contributed by atoms with van der Waals surface area (Å²) in [5.74, 6) is 1.60. The van der Waals surface area contributed by atoms with Gasteiger partial charge in [0.1, 0.15) is 5.52 Å². The van der Waals surface area contributed by atoms with Crippen LogP contribution in [0.15, 0.2) is 6.33 Å². The molecule has 2 aromatic rings. The van der Waals surface area contributed by atoms with Crippen LogP contribution in [0.3, 0.4) is 0 Å². The number of carbonyl (C=O) groups excluding carboxylic acids is 1. The molecule has 0 spiro atoms. The van der Waals surface area contributed by atoms with Crippen LogP contribution < -0.4 is 16.0 Å². The van der Waals surface area contributed by atoms with E-state index in [1.807, 2.05) is 0 Å². The molecule has 4 N–H and O–H groups in total. The zero-order valence-electron chi connectivity index (χ0n) is 12.5. The van der Waals surface area contributed by atoms with Gasteiger partial charge in [-0.05, 0) is 5.92 Å². The number of aromatic nitrogens is 4. The van der Waals surface area contributed by atoms with Crippen molar-refractivity contribution in [3.05, 3.63) is 6.33 Å². The minimum Gasteiger partial charge on any atom is -0.368 e. The van der Waals surface area contributed by atoms with Crippen molar-refractivity contribution in [3.63, 3.8) is 0 Å². The van der Waals surface area contributed by atoms with Crippen molar-refractivity contribution in [1.29, 1.82) is 0 Å². The molecule has 1 amide bonds. The third-order valence-electron chi connectivity index (χ3n) is 2.86. The number of nitrogens with zero attached hydrogens (tertiary/aromatic N) is 3. The van der Waals surface area contributed by atoms with Gasteiger partial charge in [0.25, 0.3) is 0 Å². The summed E-state index contributed by atoms with van der Waals surface area (Å²) in [6.45, 7) is 5.32. The zero-order valence-corrected chi connectivity index (χ0v) is 12.5. The number of fused-ring (bicyclic) bond motifs is 1. The SMILES string of the molecule is CNc1nc(NCCC(=O)NCC(C)C)c2[nH]cnc2n1. The minimum absolute atomic E-state index is 0.0277. The maximum absolute atomic E-state index is 11.7. The topological polar surface area (TPSA) is 108 Å². The van der Waals surface area contributed by atoms with E-state index in [0.29, 0.717) is 42.8 Å². The quantitative estimate of drug-likeness (QED) is 0.605. The number of H-pyrrole nitrogens is 1. The summed E-state index contributed by atoms with van der Waals surface area (Å²) in [6, 6.07) is 0. The predicted octanol–water partition coefficient (Wildman–Crippen LogP) is 0.969. The Kier molecular flexibility index (Phi) is 4.91. The Bertz CT molecular complexity index is 608. The van der Waals surface area contributed by atoms with Crippen LogP contribution in [0.25, 0.3) is 11.2 Å². The van der Waals surface area contributed by atoms with Crippen LogP contribution in [0.4, 0.5) is 11.8 Å². The first-order valence-corrected chi connectivity index (χ1v) is 6.99. The first-order valence-electron chi connectivity index (χ1n) is 6.99. The number of hydrogen-bond donors (Lipinski definition) is 4. The van der Waals surface area contributed by atoms with Gasteiger partial charge in [-0.3, -0.25) is 4.79 Å². The van der Waals surface area contributed by atoms with Crippen molar-refractivity contribution < 1.29 is 4.79 Å². The highest BCUT2D eigenvalue weighted by atomic mass is 16.1. The standard InChI is InChI=1S/C13H21N7O/c1-8(2)6-16-9(21)4-5-15-11-10-12(18-7-17-10)20-13(14-3)19-11/h7-8H,4-6H2,1-3H3,(H,16,21)(H3,14,15,17,18,19,20). The lowest BCUT2D eigenvalue weighted by molar-refractivity contribution is -0.120. The molecule has 114 valence electrons. The lowest BCUT2D eigenvalue weighted by Crippen LogP contribution is -2.28. The zero-order chi connectivity index (χ0) is 15.2. The molecule has 21 heavy (non-hydrogen) atoms. The van der Waals surface area contributed by atoms with E-state index in [9.17, 15) is 4.79 Å². The van der Waals surface area contributed by atoms with Crippen LogP contribution in [0.1, 0.15) is 20.3 Å². The van der Waals surface area contributed by atoms with Gasteiger partial charge in [-0.25, -0.2) is 4.98 Å². The van der Waals surface area contributed by atoms with Gasteiger partial charge >= 0.3 is 0 Å². The van der Waals surface area contributed by atoms with E-state index in [4.69, 9.17) is 0 Å². The number of anilines is 2. The van der Waals surface area contributed by atoms with E-state index in [2.05, 4.69) is 49.7 Å². The van der Waals surface area contributed by atoms with E-state index < -0.39 is 0 Å². The van der Waals surface area contributed by atoms with Gasteiger partial charge < -0.3 is 20.9 Å². The van der Waals surface area contributed by atoms with Crippen molar-refractivity contribution in [2.45, 2.75) is 20.3 Å². The van der Waals surface area contributed by atoms with Crippen LogP contribution >= 0.6 is 0 Å². The molecule has 8 nitrogen and oxygen atoms in total. The fraction of sp³-hybridized carbons (Fsp3) is 0.538. The van der Waals surface area contributed by atoms with E-state index >= 15 is 0 Å². The normalized spacial score (nSPS) is 10.9. The second-order valence-corrected chi connectivity index (χ2v) is 5.12. The summed E-state index contributed by atoms with van der Waals surface area (Å²) in [7, 11) is 1.75. The maximum Gasteiger partial charge on any atom is 0.226 e. The molecule has 0 atom stereocenters. The summed E-state index contributed by atoms with van der Waals surface area (Å²) in [5.41, 5.74) is 1.32. The van der Waals surface area contributed by atoms with Crippen LogP contribution in [0.5, 0.6) is 0 Å². The molecule has 0 aliphatic rings. The number of nitrogens with one attached hydrogen (secondary N) is 4. The summed E-state index contributed by atoms with van der Waals surface area (Å²) in [5, 5.41) is 8.91. The van der Waals surface area contributed by atoms with Gasteiger partial charge in [0, 0.05) is 26.6 Å². The largest absolute Gasteiger partial charge is 0.368 e. The summed E-state index contributed by atoms with van der Waals surface area (Å²) in [4.78, 5) is 27.3. The number of rotatable bonds is 7. The monoisotopic (exact) mass is 291 g/mol. The predicted molar refractivity (Wildman–Crippen MR) is 82.2 cm³/mol. The fourth-order valence-electron chi connectivity index (χ4n) is 1.77. The van der Waals surface area contributed by atoms with Crippen molar-refractivity contribution >= 4 is 28.8 Å². The molecule has 0 bridgehead atoms. The Balaban J connectivity index is 1.94. The van der Waals surface area contributed by atoms with Gasteiger partial charge in [0.15, 0.2) is 11.5 Å². The third kappa shape index (κ3) is 4.04. The molecule has 8 heteroatoms. The molecule has 2 aromatic heterocycles. The van der Waals surface area contributed by atoms with Crippen LogP contribution in [-0.2, 0) is 4.79 Å². The van der Waals surface area contributed by atoms with Crippen molar-refractivity contribution in [3.8, 4) is 0 Å². The van der Waals surface area contributed by atoms with Crippen molar-refractivity contribution in [2.24, 2.45) is 5.92 Å². The van der Waals surface area contributed by atoms with Crippen LogP contribution in [0, 0.1) is 5.92 Å². The van der Waals surface area contributed by atoms with Gasteiger partial charge in [0.2, 0.25) is 11.9 Å². The molecule has 0 radical (unpaired) electrons. The number of hydrogen-bond acceptors (Lipinski definition) is 6. The molecule has 0 saturated carbocycles. The second-order valence-electron chi connectivity index (χ2n) is 5.12. The highest BCUT2D eigenvalue weighted by Gasteiger charge is 2.09. The molecular formula is C13H21N7O. The van der Waals surface area contributed by atoms with Gasteiger partial charge in [-0.2, -0.15) is 9.97 Å². The molecule has 0 aliphatic carbocycles. The molecular weight excluding hydrogens is 270 g/mol. The second kappa shape index (κ2) is 6.87. The van der Waals surface area contributed by atoms with Gasteiger partial charge in [-0.15, -0.1) is 0 Å². The average Bonchev–Trinajstić information content (AvgIpc) is 2.93. The molecule has 0 aliphatic heterocycles. The number of carbonyl (C=O) groups is 1. The van der Waals surface area contributed by atoms with Crippen molar-refractivity contribution in [1.82, 2.24) is 25.3 Å². The first kappa shape index (κ1) is 15.0. The third-order valence-corrected chi connectivity index (χ3v) is 2.86. The highest BCUT2D eigenvalue weighted by Crippen LogP contribution is 2.18. The van der Waals surface area contributed by atoms with E-state index in [0.717, 1.165) is 5.52 Å². The van der Waals surface area contributed by atoms with E-state index in [1.165, 1.54) is 0 Å². The molecule has 2 rings (SSSR count). The smallest absolute Gasteiger partial charge is 0.226 e. The number of amides is 1. The number of imidazole rings is 1. The maximum atomic E-state index is 11.7. The van der Waals surface area contributed by atoms with E-state index in [-0.39, 0.29) is 5.91 Å². The summed E-state index contributed by atoms with van der Waals surface area (Å²) >= 11 is 0. The Morgan fingerprint density at radius 2 is 2.19 bits per heavy atom. The van der Waals surface area contributed by atoms with Crippen LogP contribution in [0.2, 0.25) is 0 Å². The summed E-state index contributed by atoms with van der Waals surface area (Å²) in [6.07, 6.45) is 1.96. The Labute approximate surface area is 123 Å². The fourth-order valence-corrected chi connectivity index (χ4v) is 1.77. The Morgan fingerprint density at radius 3 is 2.90 bits per heavy atom. The average molecular weight is 291 g/mol. The summed E-state index contributed by atoms with van der Waals surface area (Å²) < 4.78 is 0. The first-order chi connectivity index (χ1) is 10.1. The lowest BCUT2D eigenvalue weighted by atomic mass is 10.2. The molecule has 0 aromatic carbocycles. The van der Waals surface area contributed by atoms with E-state index in [1.54, 1.807) is 13.4 Å². The lowest BCUT2D eigenvalue weighted by Gasteiger charge is -2.09. The van der Waals surface area contributed by atoms with Crippen molar-refractivity contribution in [2.75, 3.05) is 30.8 Å². The molecule has 2 heterocycles. The van der Waals surface area contributed by atoms with Gasteiger partial charge in [0.05, 0.1) is 6.33 Å². The highest BCUT2D eigenvalue weighted by molar-refractivity contribution is 5.84. The minimum atomic E-state index is 0.0277. The van der Waals surface area contributed by atoms with Gasteiger partial charge in [-0.1, -0.05) is 13.8 Å². The molecule has 0 saturated heterocycles. The molecule has 0 unspecified atom stereocenters. The number of aromatic amines is 1.